The fraction of sp³-hybridized carbons (Fsp3) is 0.667. The van der Waals surface area contributed by atoms with Crippen LogP contribution in [0.5, 0.6) is 0 Å². The maximum absolute atomic E-state index is 9.37. The number of carbonyl (C=O) groups is 1. The number of hydrogen-bond acceptors (Lipinski definition) is 1. The minimum absolute atomic E-state index is 0. The van der Waals surface area contributed by atoms with Gasteiger partial charge < -0.3 is 10.6 Å². The zero-order valence-corrected chi connectivity index (χ0v) is 3.56. The summed E-state index contributed by atoms with van der Waals surface area (Å²) in [5.41, 5.74) is 0. The second-order valence-corrected chi connectivity index (χ2v) is 0.747. The Hall–Kier alpha value is -0.0375. The van der Waals surface area contributed by atoms with E-state index in [1.165, 1.54) is 0 Å². The van der Waals surface area contributed by atoms with Crippen molar-refractivity contribution in [1.29, 1.82) is 0 Å². The molecule has 0 aliphatic heterocycles. The molecule has 0 aromatic carbocycles. The van der Waals surface area contributed by atoms with Gasteiger partial charge in [-0.05, 0) is 0 Å². The van der Waals surface area contributed by atoms with Gasteiger partial charge in [0.1, 0.15) is 0 Å². The molecule has 0 rings (SSSR count). The molecule has 0 radical (unpaired) electrons. The summed E-state index contributed by atoms with van der Waals surface area (Å²) in [7, 11) is 0. The third kappa shape index (κ3) is 24.3. The predicted octanol–water partition coefficient (Wildman–Crippen LogP) is -1.53. The Balaban J connectivity index is -0.0000000800. The molecule has 0 amide bonds. The highest BCUT2D eigenvalue weighted by Crippen LogP contribution is 1.67. The maximum Gasteiger partial charge on any atom is 0.303 e. The van der Waals surface area contributed by atoms with Crippen molar-refractivity contribution in [1.82, 2.24) is 0 Å². The number of carboxylic acids is 1. The van der Waals surface area contributed by atoms with E-state index in [1.54, 1.807) is 6.92 Å². The third-order valence-electron chi connectivity index (χ3n) is 0.302. The lowest BCUT2D eigenvalue weighted by Crippen LogP contribution is -1.86. The van der Waals surface area contributed by atoms with Crippen LogP contribution in [-0.2, 0) is 4.79 Å². The Morgan fingerprint density at radius 2 is 1.86 bits per heavy atom. The van der Waals surface area contributed by atoms with E-state index in [1.807, 2.05) is 0 Å². The van der Waals surface area contributed by atoms with Crippen molar-refractivity contribution >= 4 is 23.3 Å². The van der Waals surface area contributed by atoms with E-state index < -0.39 is 5.97 Å². The summed E-state index contributed by atoms with van der Waals surface area (Å²) < 4.78 is 0. The van der Waals surface area contributed by atoms with Crippen LogP contribution in [0, 0.1) is 0 Å². The first-order chi connectivity index (χ1) is 2.27. The van der Waals surface area contributed by atoms with Crippen molar-refractivity contribution in [2.45, 2.75) is 13.3 Å². The van der Waals surface area contributed by atoms with E-state index in [0.717, 1.165) is 0 Å². The van der Waals surface area contributed by atoms with Gasteiger partial charge >= 0.3 is 5.97 Å². The van der Waals surface area contributed by atoms with Gasteiger partial charge in [-0.15, -0.1) is 0 Å². The normalized spacial score (nSPS) is 5.29. The molecule has 0 saturated carbocycles. The highest BCUT2D eigenvalue weighted by atomic mass is 27.0. The van der Waals surface area contributed by atoms with E-state index in [0.29, 0.717) is 0 Å². The summed E-state index contributed by atoms with van der Waals surface area (Å²) in [6.45, 7) is 1.60. The topological polar surface area (TPSA) is 68.8 Å². The summed E-state index contributed by atoms with van der Waals surface area (Å²) >= 11 is 0. The molecule has 0 aromatic rings. The van der Waals surface area contributed by atoms with Crippen LogP contribution in [-0.4, -0.2) is 33.9 Å². The van der Waals surface area contributed by atoms with Crippen molar-refractivity contribution in [2.75, 3.05) is 0 Å². The van der Waals surface area contributed by atoms with Crippen LogP contribution in [0.3, 0.4) is 0 Å². The van der Waals surface area contributed by atoms with Gasteiger partial charge in [0.25, 0.3) is 0 Å². The summed E-state index contributed by atoms with van der Waals surface area (Å²) in [5.74, 6) is -0.745. The average Bonchev–Trinajstić information content (AvgIpc) is 1.38. The highest BCUT2D eigenvalue weighted by molar-refractivity contribution is 5.75. The second kappa shape index (κ2) is 9.35. The van der Waals surface area contributed by atoms with Gasteiger partial charge in [-0.25, -0.2) is 0 Å². The number of carboxylic acid groups (broad SMARTS) is 1. The van der Waals surface area contributed by atoms with Gasteiger partial charge in [-0.1, -0.05) is 6.92 Å². The van der Waals surface area contributed by atoms with E-state index in [2.05, 4.69) is 0 Å². The molecule has 3 N–H and O–H groups in total. The minimum Gasteiger partial charge on any atom is -0.481 e. The van der Waals surface area contributed by atoms with Gasteiger partial charge in [0.15, 0.2) is 17.4 Å². The van der Waals surface area contributed by atoms with Crippen LogP contribution >= 0.6 is 0 Å². The monoisotopic (exact) mass is 122 g/mol. The summed E-state index contributed by atoms with van der Waals surface area (Å²) in [6, 6.07) is 0. The van der Waals surface area contributed by atoms with E-state index >= 15 is 0 Å². The number of hydrogen-bond donors (Lipinski definition) is 1. The molecule has 0 aliphatic rings. The zero-order chi connectivity index (χ0) is 4.28. The molecule has 0 atom stereocenters. The molecule has 44 valence electrons. The fourth-order valence-corrected chi connectivity index (χ4v) is 0. The summed E-state index contributed by atoms with van der Waals surface area (Å²) in [6.07, 6.45) is 0.222. The lowest BCUT2D eigenvalue weighted by molar-refractivity contribution is -0.136. The molecule has 7 heavy (non-hydrogen) atoms. The van der Waals surface area contributed by atoms with Gasteiger partial charge in [0.2, 0.25) is 0 Å². The van der Waals surface area contributed by atoms with Gasteiger partial charge in [-0.3, -0.25) is 4.79 Å². The molecular weight excluding hydrogens is 111 g/mol. The summed E-state index contributed by atoms with van der Waals surface area (Å²) in [4.78, 5) is 9.37. The van der Waals surface area contributed by atoms with Crippen molar-refractivity contribution in [3.05, 3.63) is 0 Å². The van der Waals surface area contributed by atoms with Crippen molar-refractivity contribution in [2.24, 2.45) is 0 Å². The zero-order valence-electron chi connectivity index (χ0n) is 3.56. The SMILES string of the molecule is CCC(=O)O.O.[AlH3]. The minimum atomic E-state index is -0.745. The Morgan fingerprint density at radius 1 is 1.71 bits per heavy atom. The number of aliphatic carboxylic acids is 1. The van der Waals surface area contributed by atoms with Crippen LogP contribution in [0.25, 0.3) is 0 Å². The fourth-order valence-electron chi connectivity index (χ4n) is 0. The van der Waals surface area contributed by atoms with Crippen molar-refractivity contribution < 1.29 is 15.4 Å². The van der Waals surface area contributed by atoms with Crippen molar-refractivity contribution in [3.8, 4) is 0 Å². The van der Waals surface area contributed by atoms with Crippen LogP contribution in [0.15, 0.2) is 0 Å². The number of rotatable bonds is 1. The molecule has 0 aliphatic carbocycles. The van der Waals surface area contributed by atoms with E-state index in [4.69, 9.17) is 5.11 Å². The molecular formula is C3H11AlO3. The van der Waals surface area contributed by atoms with Gasteiger partial charge in [0, 0.05) is 6.42 Å². The smallest absolute Gasteiger partial charge is 0.303 e. The van der Waals surface area contributed by atoms with E-state index in [9.17, 15) is 4.79 Å². The Kier molecular flexibility index (Phi) is 21.1. The van der Waals surface area contributed by atoms with E-state index in [-0.39, 0.29) is 29.3 Å². The molecule has 0 saturated heterocycles. The van der Waals surface area contributed by atoms with Crippen LogP contribution < -0.4 is 0 Å². The first kappa shape index (κ1) is 15.8. The Bertz CT molecular complexity index is 45.4. The average molecular weight is 122 g/mol. The lowest BCUT2D eigenvalue weighted by Gasteiger charge is -1.71. The first-order valence-electron chi connectivity index (χ1n) is 1.49. The molecule has 0 heterocycles. The third-order valence-corrected chi connectivity index (χ3v) is 0.302. The molecule has 3 nitrogen and oxygen atoms in total. The van der Waals surface area contributed by atoms with Crippen LogP contribution in [0.1, 0.15) is 13.3 Å². The second-order valence-electron chi connectivity index (χ2n) is 0.747. The quantitative estimate of drug-likeness (QED) is 0.429. The van der Waals surface area contributed by atoms with Crippen molar-refractivity contribution in [3.63, 3.8) is 0 Å². The predicted molar refractivity (Wildman–Crippen MR) is 31.5 cm³/mol. The standard InChI is InChI=1S/C3H6O2.Al.H2O.3H/c1-2-3(4)5;;;;;/h2H2,1H3,(H,4,5);;1H2;;;. The molecule has 0 aromatic heterocycles. The maximum atomic E-state index is 9.37. The highest BCUT2D eigenvalue weighted by Gasteiger charge is 1.80. The Morgan fingerprint density at radius 3 is 1.86 bits per heavy atom. The largest absolute Gasteiger partial charge is 0.481 e. The van der Waals surface area contributed by atoms with Crippen LogP contribution in [0.2, 0.25) is 0 Å². The lowest BCUT2D eigenvalue weighted by atomic mass is 10.5. The van der Waals surface area contributed by atoms with Gasteiger partial charge in [0.05, 0.1) is 0 Å². The molecule has 4 heteroatoms. The molecule has 0 unspecified atom stereocenters. The molecule has 0 bridgehead atoms. The Labute approximate surface area is 52.8 Å². The molecule has 0 fully saturated rings. The van der Waals surface area contributed by atoms with Gasteiger partial charge in [-0.2, -0.15) is 0 Å². The first-order valence-corrected chi connectivity index (χ1v) is 1.49. The summed E-state index contributed by atoms with van der Waals surface area (Å²) in [5, 5.41) is 7.72. The molecule has 0 spiro atoms. The van der Waals surface area contributed by atoms with Crippen LogP contribution in [0.4, 0.5) is 0 Å².